The van der Waals surface area contributed by atoms with Crippen LogP contribution in [0.2, 0.25) is 0 Å². The summed E-state index contributed by atoms with van der Waals surface area (Å²) in [6.45, 7) is 4.00. The Morgan fingerprint density at radius 2 is 1.25 bits per heavy atom. The maximum absolute atomic E-state index is 11.4. The molecule has 2 rings (SSSR count). The smallest absolute Gasteiger partial charge is 0.261 e. The Hall–Kier alpha value is -2.04. The molecule has 0 bridgehead atoms. The van der Waals surface area contributed by atoms with Crippen LogP contribution < -0.4 is 0 Å². The molecule has 0 atom stereocenters. The van der Waals surface area contributed by atoms with E-state index in [-0.39, 0.29) is 11.1 Å². The van der Waals surface area contributed by atoms with Crippen LogP contribution in [0.3, 0.4) is 0 Å². The molecule has 0 saturated carbocycles. The summed E-state index contributed by atoms with van der Waals surface area (Å²) in [5.41, 5.74) is 0.237. The number of rotatable bonds is 0. The van der Waals surface area contributed by atoms with Crippen molar-refractivity contribution in [3.8, 4) is 11.5 Å². The average molecular weight is 223 g/mol. The molecule has 1 aliphatic heterocycles. The van der Waals surface area contributed by atoms with Crippen molar-refractivity contribution in [1.29, 1.82) is 0 Å². The molecule has 0 spiro atoms. The number of amides is 2. The number of carbonyl (C=O) groups is 2. The summed E-state index contributed by atoms with van der Waals surface area (Å²) in [4.78, 5) is 23.7. The van der Waals surface area contributed by atoms with Crippen LogP contribution >= 0.6 is 0 Å². The molecule has 5 heteroatoms. The molecule has 0 aliphatic carbocycles. The zero-order valence-corrected chi connectivity index (χ0v) is 9.31. The van der Waals surface area contributed by atoms with Gasteiger partial charge in [-0.25, -0.2) is 0 Å². The van der Waals surface area contributed by atoms with Gasteiger partial charge in [0.25, 0.3) is 11.8 Å². The number of imide groups is 1. The summed E-state index contributed by atoms with van der Waals surface area (Å²) in [7, 11) is 1.35. The molecule has 0 radical (unpaired) electrons. The third-order valence-electron chi connectivity index (χ3n) is 2.18. The van der Waals surface area contributed by atoms with Crippen LogP contribution in [0.5, 0.6) is 11.5 Å². The first-order chi connectivity index (χ1) is 7.52. The average Bonchev–Trinajstić information content (AvgIpc) is 2.49. The highest BCUT2D eigenvalue weighted by molar-refractivity contribution is 6.21. The van der Waals surface area contributed by atoms with Crippen LogP contribution in [-0.2, 0) is 0 Å². The van der Waals surface area contributed by atoms with Crippen molar-refractivity contribution < 1.29 is 19.8 Å². The molecule has 0 aromatic heterocycles. The van der Waals surface area contributed by atoms with Gasteiger partial charge in [0, 0.05) is 7.05 Å². The number of phenolic OH excluding ortho intramolecular Hbond substituents is 2. The number of aromatic hydroxyl groups is 2. The zero-order valence-electron chi connectivity index (χ0n) is 9.31. The fourth-order valence-electron chi connectivity index (χ4n) is 1.38. The van der Waals surface area contributed by atoms with Gasteiger partial charge < -0.3 is 10.2 Å². The van der Waals surface area contributed by atoms with Crippen LogP contribution in [0.25, 0.3) is 0 Å². The quantitative estimate of drug-likeness (QED) is 0.514. The molecule has 5 nitrogen and oxygen atoms in total. The van der Waals surface area contributed by atoms with Gasteiger partial charge in [0.2, 0.25) is 0 Å². The first-order valence-corrected chi connectivity index (χ1v) is 4.90. The second-order valence-electron chi connectivity index (χ2n) is 3.06. The molecule has 2 N–H and O–H groups in total. The monoisotopic (exact) mass is 223 g/mol. The summed E-state index contributed by atoms with van der Waals surface area (Å²) in [6.07, 6.45) is 0. The summed E-state index contributed by atoms with van der Waals surface area (Å²) >= 11 is 0. The van der Waals surface area contributed by atoms with Crippen LogP contribution in [0.1, 0.15) is 34.6 Å². The maximum atomic E-state index is 11.4. The molecule has 0 fully saturated rings. The molecule has 86 valence electrons. The van der Waals surface area contributed by atoms with E-state index in [0.717, 1.165) is 17.0 Å². The Labute approximate surface area is 92.9 Å². The SMILES string of the molecule is CC.CN1C(=O)c2cc(O)c(O)cc2C1=O. The van der Waals surface area contributed by atoms with E-state index in [0.29, 0.717) is 0 Å². The molecule has 1 aromatic carbocycles. The number of benzene rings is 1. The van der Waals surface area contributed by atoms with Crippen molar-refractivity contribution in [2.24, 2.45) is 0 Å². The Morgan fingerprint density at radius 1 is 0.938 bits per heavy atom. The topological polar surface area (TPSA) is 77.8 Å². The van der Waals surface area contributed by atoms with E-state index in [4.69, 9.17) is 10.2 Å². The lowest BCUT2D eigenvalue weighted by atomic mass is 10.1. The Kier molecular flexibility index (Phi) is 3.17. The summed E-state index contributed by atoms with van der Waals surface area (Å²) in [5.74, 6) is -1.75. The van der Waals surface area contributed by atoms with Crippen molar-refractivity contribution in [2.45, 2.75) is 13.8 Å². The van der Waals surface area contributed by atoms with E-state index in [1.807, 2.05) is 13.8 Å². The molecular formula is C11H13NO4. The number of phenols is 2. The Balaban J connectivity index is 0.000000606. The van der Waals surface area contributed by atoms with Gasteiger partial charge in [-0.05, 0) is 12.1 Å². The molecule has 2 amide bonds. The van der Waals surface area contributed by atoms with Crippen LogP contribution in [0.15, 0.2) is 12.1 Å². The van der Waals surface area contributed by atoms with Gasteiger partial charge >= 0.3 is 0 Å². The minimum absolute atomic E-state index is 0.118. The third-order valence-corrected chi connectivity index (χ3v) is 2.18. The number of hydrogen-bond donors (Lipinski definition) is 2. The van der Waals surface area contributed by atoms with E-state index >= 15 is 0 Å². The van der Waals surface area contributed by atoms with Gasteiger partial charge in [-0.15, -0.1) is 0 Å². The third kappa shape index (κ3) is 1.60. The summed E-state index contributed by atoms with van der Waals surface area (Å²) < 4.78 is 0. The highest BCUT2D eigenvalue weighted by Crippen LogP contribution is 2.32. The second kappa shape index (κ2) is 4.22. The molecule has 16 heavy (non-hydrogen) atoms. The molecule has 0 saturated heterocycles. The van der Waals surface area contributed by atoms with Gasteiger partial charge in [0.15, 0.2) is 11.5 Å². The lowest BCUT2D eigenvalue weighted by molar-refractivity contribution is 0.0693. The zero-order chi connectivity index (χ0) is 12.5. The van der Waals surface area contributed by atoms with Gasteiger partial charge in [-0.2, -0.15) is 0 Å². The number of fused-ring (bicyclic) bond motifs is 1. The van der Waals surface area contributed by atoms with Crippen LogP contribution in [0, 0.1) is 0 Å². The fraction of sp³-hybridized carbons (Fsp3) is 0.273. The van der Waals surface area contributed by atoms with Crippen LogP contribution in [-0.4, -0.2) is 34.0 Å². The van der Waals surface area contributed by atoms with E-state index in [2.05, 4.69) is 0 Å². The first-order valence-electron chi connectivity index (χ1n) is 4.90. The van der Waals surface area contributed by atoms with Gasteiger partial charge in [-0.3, -0.25) is 14.5 Å². The van der Waals surface area contributed by atoms with Crippen molar-refractivity contribution in [3.05, 3.63) is 23.3 Å². The Morgan fingerprint density at radius 3 is 1.56 bits per heavy atom. The largest absolute Gasteiger partial charge is 0.504 e. The van der Waals surface area contributed by atoms with Crippen molar-refractivity contribution in [1.82, 2.24) is 4.90 Å². The van der Waals surface area contributed by atoms with Crippen LogP contribution in [0.4, 0.5) is 0 Å². The number of hydrogen-bond acceptors (Lipinski definition) is 4. The minimum Gasteiger partial charge on any atom is -0.504 e. The number of nitrogens with zero attached hydrogens (tertiary/aromatic N) is 1. The van der Waals surface area contributed by atoms with Crippen molar-refractivity contribution in [3.63, 3.8) is 0 Å². The van der Waals surface area contributed by atoms with E-state index in [1.165, 1.54) is 7.05 Å². The molecule has 1 aromatic rings. The summed E-state index contributed by atoms with van der Waals surface area (Å²) in [5, 5.41) is 18.3. The lowest BCUT2D eigenvalue weighted by Gasteiger charge is -2.02. The lowest BCUT2D eigenvalue weighted by Crippen LogP contribution is -2.24. The van der Waals surface area contributed by atoms with E-state index in [9.17, 15) is 9.59 Å². The molecule has 1 heterocycles. The van der Waals surface area contributed by atoms with E-state index in [1.54, 1.807) is 0 Å². The standard InChI is InChI=1S/C9H7NO4.C2H6/c1-10-8(13)4-2-6(11)7(12)3-5(4)9(10)14;1-2/h2-3,11-12H,1H3;1-2H3. The maximum Gasteiger partial charge on any atom is 0.261 e. The normalized spacial score (nSPS) is 13.3. The minimum atomic E-state index is -0.472. The van der Waals surface area contributed by atoms with Gasteiger partial charge in [0.05, 0.1) is 11.1 Å². The predicted molar refractivity (Wildman–Crippen MR) is 57.5 cm³/mol. The highest BCUT2D eigenvalue weighted by Gasteiger charge is 2.33. The fourth-order valence-corrected chi connectivity index (χ4v) is 1.38. The second-order valence-corrected chi connectivity index (χ2v) is 3.06. The van der Waals surface area contributed by atoms with E-state index < -0.39 is 23.3 Å². The Bertz CT molecular complexity index is 413. The van der Waals surface area contributed by atoms with Crippen molar-refractivity contribution in [2.75, 3.05) is 7.05 Å². The molecule has 0 unspecified atom stereocenters. The van der Waals surface area contributed by atoms with Gasteiger partial charge in [0.1, 0.15) is 0 Å². The number of carbonyl (C=O) groups excluding carboxylic acids is 2. The molecular weight excluding hydrogens is 210 g/mol. The first kappa shape index (κ1) is 12.0. The summed E-state index contributed by atoms with van der Waals surface area (Å²) in [6, 6.07) is 2.18. The van der Waals surface area contributed by atoms with Gasteiger partial charge in [-0.1, -0.05) is 13.8 Å². The van der Waals surface area contributed by atoms with Crippen molar-refractivity contribution >= 4 is 11.8 Å². The highest BCUT2D eigenvalue weighted by atomic mass is 16.3. The molecule has 1 aliphatic rings. The predicted octanol–water partition coefficient (Wildman–Crippen LogP) is 1.35.